The highest BCUT2D eigenvalue weighted by Crippen LogP contribution is 2.26. The largest absolute Gasteiger partial charge is 0.380 e. The molecule has 1 aliphatic heterocycles. The van der Waals surface area contributed by atoms with Crippen LogP contribution in [0.3, 0.4) is 0 Å². The number of benzene rings is 1. The minimum atomic E-state index is -0.466. The first kappa shape index (κ1) is 15.2. The van der Waals surface area contributed by atoms with E-state index in [1.165, 1.54) is 18.2 Å². The first-order valence-electron chi connectivity index (χ1n) is 6.88. The van der Waals surface area contributed by atoms with Gasteiger partial charge in [-0.15, -0.1) is 0 Å². The topological polar surface area (TPSA) is 93.5 Å². The molecule has 7 nitrogen and oxygen atoms in total. The van der Waals surface area contributed by atoms with Gasteiger partial charge in [0.05, 0.1) is 17.1 Å². The maximum atomic E-state index is 12.3. The van der Waals surface area contributed by atoms with Gasteiger partial charge in [-0.1, -0.05) is 0 Å². The molecule has 1 aliphatic rings. The normalized spacial score (nSPS) is 21.0. The van der Waals surface area contributed by atoms with Gasteiger partial charge in [0.2, 0.25) is 0 Å². The van der Waals surface area contributed by atoms with Crippen LogP contribution in [0.25, 0.3) is 0 Å². The highest BCUT2D eigenvalue weighted by molar-refractivity contribution is 5.96. The smallest absolute Gasteiger partial charge is 0.292 e. The van der Waals surface area contributed by atoms with Crippen LogP contribution in [0.2, 0.25) is 0 Å². The molecule has 1 saturated heterocycles. The fraction of sp³-hybridized carbons (Fsp3) is 0.500. The molecule has 0 aliphatic carbocycles. The Kier molecular flexibility index (Phi) is 4.42. The van der Waals surface area contributed by atoms with Gasteiger partial charge in [-0.25, -0.2) is 0 Å². The number of hydrogen-bond acceptors (Lipinski definition) is 5. The number of nitro benzene ring substituents is 1. The zero-order valence-electron chi connectivity index (χ0n) is 12.1. The summed E-state index contributed by atoms with van der Waals surface area (Å²) in [5.41, 5.74) is 0.327. The molecular formula is C14H19N3O4. The molecule has 0 bridgehead atoms. The first-order chi connectivity index (χ1) is 9.95. The van der Waals surface area contributed by atoms with Crippen molar-refractivity contribution in [3.8, 4) is 0 Å². The van der Waals surface area contributed by atoms with E-state index in [-0.39, 0.29) is 17.1 Å². The van der Waals surface area contributed by atoms with Crippen LogP contribution >= 0.6 is 0 Å². The number of carbonyl (C=O) groups excluding carboxylic acids is 1. The number of nitro groups is 1. The molecule has 114 valence electrons. The van der Waals surface area contributed by atoms with Crippen molar-refractivity contribution in [3.63, 3.8) is 0 Å². The molecule has 0 spiro atoms. The number of carbonyl (C=O) groups is 1. The van der Waals surface area contributed by atoms with Crippen molar-refractivity contribution in [2.24, 2.45) is 0 Å². The number of hydrogen-bond donors (Lipinski definition) is 2. The van der Waals surface area contributed by atoms with Gasteiger partial charge in [-0.05, 0) is 32.4 Å². The highest BCUT2D eigenvalue weighted by Gasteiger charge is 2.31. The van der Waals surface area contributed by atoms with E-state index in [2.05, 4.69) is 10.6 Å². The molecule has 0 radical (unpaired) electrons. The van der Waals surface area contributed by atoms with Gasteiger partial charge >= 0.3 is 0 Å². The monoisotopic (exact) mass is 293 g/mol. The number of nitrogens with zero attached hydrogens (tertiary/aromatic N) is 1. The van der Waals surface area contributed by atoms with Gasteiger partial charge in [0.1, 0.15) is 5.69 Å². The fourth-order valence-corrected chi connectivity index (χ4v) is 2.28. The van der Waals surface area contributed by atoms with Crippen LogP contribution in [0.1, 0.15) is 30.6 Å². The second kappa shape index (κ2) is 6.09. The van der Waals surface area contributed by atoms with Crippen molar-refractivity contribution in [2.75, 3.05) is 25.1 Å². The van der Waals surface area contributed by atoms with E-state index >= 15 is 0 Å². The Bertz CT molecular complexity index is 553. The van der Waals surface area contributed by atoms with Gasteiger partial charge in [0.25, 0.3) is 11.6 Å². The molecule has 1 atom stereocenters. The zero-order valence-corrected chi connectivity index (χ0v) is 12.1. The molecule has 2 rings (SSSR count). The molecule has 0 saturated carbocycles. The standard InChI is InChI=1S/C14H19N3O4/c1-3-15-11-8-10(4-5-12(11)17(19)20)13(18)16-14(2)6-7-21-9-14/h4-5,8,15H,3,6-7,9H2,1-2H3,(H,16,18). The minimum Gasteiger partial charge on any atom is -0.380 e. The highest BCUT2D eigenvalue weighted by atomic mass is 16.6. The molecule has 1 heterocycles. The van der Waals surface area contributed by atoms with Crippen molar-refractivity contribution in [3.05, 3.63) is 33.9 Å². The second-order valence-corrected chi connectivity index (χ2v) is 5.34. The van der Waals surface area contributed by atoms with E-state index < -0.39 is 4.92 Å². The summed E-state index contributed by atoms with van der Waals surface area (Å²) in [6, 6.07) is 4.32. The number of amides is 1. The van der Waals surface area contributed by atoms with Crippen molar-refractivity contribution in [1.29, 1.82) is 0 Å². The second-order valence-electron chi connectivity index (χ2n) is 5.34. The van der Waals surface area contributed by atoms with E-state index in [1.54, 1.807) is 0 Å². The van der Waals surface area contributed by atoms with E-state index in [1.807, 2.05) is 13.8 Å². The Morgan fingerprint density at radius 2 is 2.29 bits per heavy atom. The molecule has 2 N–H and O–H groups in total. The van der Waals surface area contributed by atoms with Crippen LogP contribution in [0, 0.1) is 10.1 Å². The van der Waals surface area contributed by atoms with Gasteiger partial charge in [0, 0.05) is 24.8 Å². The number of nitrogens with one attached hydrogen (secondary N) is 2. The summed E-state index contributed by atoms with van der Waals surface area (Å²) in [4.78, 5) is 22.8. The summed E-state index contributed by atoms with van der Waals surface area (Å²) in [6.07, 6.45) is 0.756. The molecule has 1 unspecified atom stereocenters. The summed E-state index contributed by atoms with van der Waals surface area (Å²) >= 11 is 0. The zero-order chi connectivity index (χ0) is 15.5. The van der Waals surface area contributed by atoms with Crippen LogP contribution in [-0.4, -0.2) is 36.1 Å². The average Bonchev–Trinajstić information content (AvgIpc) is 2.85. The third-order valence-electron chi connectivity index (χ3n) is 3.46. The first-order valence-corrected chi connectivity index (χ1v) is 6.88. The predicted molar refractivity (Wildman–Crippen MR) is 78.6 cm³/mol. The number of rotatable bonds is 5. The third-order valence-corrected chi connectivity index (χ3v) is 3.46. The summed E-state index contributed by atoms with van der Waals surface area (Å²) in [7, 11) is 0. The van der Waals surface area contributed by atoms with E-state index in [4.69, 9.17) is 4.74 Å². The van der Waals surface area contributed by atoms with E-state index in [0.717, 1.165) is 6.42 Å². The third kappa shape index (κ3) is 3.49. The summed E-state index contributed by atoms with van der Waals surface area (Å²) in [5, 5.41) is 16.8. The Morgan fingerprint density at radius 3 is 2.86 bits per heavy atom. The number of anilines is 1. The van der Waals surface area contributed by atoms with Crippen LogP contribution < -0.4 is 10.6 Å². The van der Waals surface area contributed by atoms with Gasteiger partial charge in [-0.3, -0.25) is 14.9 Å². The Morgan fingerprint density at radius 1 is 1.52 bits per heavy atom. The lowest BCUT2D eigenvalue weighted by Crippen LogP contribution is -2.46. The molecule has 1 aromatic carbocycles. The van der Waals surface area contributed by atoms with Crippen molar-refractivity contribution >= 4 is 17.3 Å². The Balaban J connectivity index is 2.21. The van der Waals surface area contributed by atoms with E-state index in [0.29, 0.717) is 31.0 Å². The SMILES string of the molecule is CCNc1cc(C(=O)NC2(C)CCOC2)ccc1[N+](=O)[O-]. The molecule has 21 heavy (non-hydrogen) atoms. The van der Waals surface area contributed by atoms with Gasteiger partial charge in [-0.2, -0.15) is 0 Å². The molecule has 1 amide bonds. The minimum absolute atomic E-state index is 0.0381. The van der Waals surface area contributed by atoms with Crippen molar-refractivity contribution in [1.82, 2.24) is 5.32 Å². The molecule has 7 heteroatoms. The summed E-state index contributed by atoms with van der Waals surface area (Å²) in [5.74, 6) is -0.253. The van der Waals surface area contributed by atoms with Crippen LogP contribution in [0.4, 0.5) is 11.4 Å². The molecule has 1 fully saturated rings. The summed E-state index contributed by atoms with van der Waals surface area (Å²) in [6.45, 7) is 5.41. The average molecular weight is 293 g/mol. The van der Waals surface area contributed by atoms with Gasteiger partial charge in [0.15, 0.2) is 0 Å². The fourth-order valence-electron chi connectivity index (χ4n) is 2.28. The van der Waals surface area contributed by atoms with Crippen LogP contribution in [0.15, 0.2) is 18.2 Å². The lowest BCUT2D eigenvalue weighted by molar-refractivity contribution is -0.384. The lowest BCUT2D eigenvalue weighted by Gasteiger charge is -2.23. The van der Waals surface area contributed by atoms with Gasteiger partial charge < -0.3 is 15.4 Å². The number of ether oxygens (including phenoxy) is 1. The Hall–Kier alpha value is -2.15. The van der Waals surface area contributed by atoms with Crippen LogP contribution in [0.5, 0.6) is 0 Å². The molecular weight excluding hydrogens is 274 g/mol. The Labute approximate surface area is 122 Å². The molecule has 0 aromatic heterocycles. The van der Waals surface area contributed by atoms with Crippen molar-refractivity contribution in [2.45, 2.75) is 25.8 Å². The summed E-state index contributed by atoms with van der Waals surface area (Å²) < 4.78 is 5.29. The maximum absolute atomic E-state index is 12.3. The maximum Gasteiger partial charge on any atom is 0.292 e. The quantitative estimate of drug-likeness (QED) is 0.639. The predicted octanol–water partition coefficient (Wildman–Crippen LogP) is 1.94. The van der Waals surface area contributed by atoms with Crippen LogP contribution in [-0.2, 0) is 4.74 Å². The lowest BCUT2D eigenvalue weighted by atomic mass is 10.0. The van der Waals surface area contributed by atoms with Crippen molar-refractivity contribution < 1.29 is 14.5 Å². The molecule has 1 aromatic rings. The van der Waals surface area contributed by atoms with E-state index in [9.17, 15) is 14.9 Å².